The first-order chi connectivity index (χ1) is 4.37. The van der Waals surface area contributed by atoms with Crippen molar-refractivity contribution in [1.82, 2.24) is 0 Å². The maximum Gasteiger partial charge on any atom is 0.387 e. The third kappa shape index (κ3) is 1.71. The van der Waals surface area contributed by atoms with E-state index in [1.165, 1.54) is 0 Å². The minimum atomic E-state index is -4.97. The Labute approximate surface area is 56.9 Å². The summed E-state index contributed by atoms with van der Waals surface area (Å²) in [7, 11) is 0. The highest BCUT2D eigenvalue weighted by Gasteiger charge is 2.58. The smallest absolute Gasteiger partial charge is 0.244 e. The second kappa shape index (κ2) is 2.89. The quantitative estimate of drug-likeness (QED) is 0.607. The predicted octanol–water partition coefficient (Wildman–Crippen LogP) is 2.80. The van der Waals surface area contributed by atoms with Crippen molar-refractivity contribution < 1.29 is 25.8 Å². The lowest BCUT2D eigenvalue weighted by atomic mass is 10.4. The average Bonchev–Trinajstić information content (AvgIpc) is 1.88. The molecule has 0 heterocycles. The summed E-state index contributed by atoms with van der Waals surface area (Å²) in [6.07, 6.45) is 0. The van der Waals surface area contributed by atoms with Gasteiger partial charge in [-0.05, 0) is 0 Å². The monoisotopic (exact) mass is 184 g/mol. The summed E-state index contributed by atoms with van der Waals surface area (Å²) in [5.74, 6) is -4.92. The molecule has 0 atom stereocenters. The second-order valence-electron chi connectivity index (χ2n) is 1.43. The van der Waals surface area contributed by atoms with Gasteiger partial charge >= 0.3 is 11.2 Å². The van der Waals surface area contributed by atoms with E-state index in [0.717, 1.165) is 0 Å². The Balaban J connectivity index is 4.28. The average molecular weight is 184 g/mol. The molecule has 0 saturated carbocycles. The first-order valence-electron chi connectivity index (χ1n) is 1.99. The molecule has 62 valence electrons. The Morgan fingerprint density at radius 2 is 1.50 bits per heavy atom. The van der Waals surface area contributed by atoms with Gasteiger partial charge in [0.25, 0.3) is 0 Å². The molecule has 0 bridgehead atoms. The van der Waals surface area contributed by atoms with Crippen LogP contribution in [0.15, 0.2) is 0 Å². The van der Waals surface area contributed by atoms with Crippen molar-refractivity contribution in [3.8, 4) is 0 Å². The maximum atomic E-state index is 11.5. The molecule has 0 aliphatic rings. The van der Waals surface area contributed by atoms with Crippen molar-refractivity contribution in [2.45, 2.75) is 11.2 Å². The zero-order chi connectivity index (χ0) is 8.41. The van der Waals surface area contributed by atoms with Crippen LogP contribution in [0.3, 0.4) is 0 Å². The Morgan fingerprint density at radius 1 is 1.10 bits per heavy atom. The SMILES string of the molecule is FCC(F)(F)C(F)(F)SF. The molecular weight excluding hydrogens is 182 g/mol. The fourth-order valence-corrected chi connectivity index (χ4v) is 0.302. The minimum Gasteiger partial charge on any atom is -0.244 e. The van der Waals surface area contributed by atoms with Crippen LogP contribution in [-0.4, -0.2) is 17.9 Å². The zero-order valence-electron chi connectivity index (χ0n) is 4.38. The fraction of sp³-hybridized carbons (Fsp3) is 1.00. The molecule has 0 fully saturated rings. The van der Waals surface area contributed by atoms with E-state index in [9.17, 15) is 25.8 Å². The highest BCUT2D eigenvalue weighted by Crippen LogP contribution is 2.43. The first kappa shape index (κ1) is 9.93. The molecule has 0 spiro atoms. The maximum absolute atomic E-state index is 11.5. The Hall–Kier alpha value is -0.0700. The summed E-state index contributed by atoms with van der Waals surface area (Å²) in [6, 6.07) is 0. The second-order valence-corrected chi connectivity index (χ2v) is 2.10. The lowest BCUT2D eigenvalue weighted by Gasteiger charge is -2.18. The van der Waals surface area contributed by atoms with E-state index in [1.807, 2.05) is 0 Å². The number of halogens is 6. The van der Waals surface area contributed by atoms with Gasteiger partial charge in [0.05, 0.1) is 0 Å². The molecule has 0 aromatic rings. The van der Waals surface area contributed by atoms with Crippen molar-refractivity contribution in [2.24, 2.45) is 0 Å². The molecule has 10 heavy (non-hydrogen) atoms. The molecule has 0 rings (SSSR count). The molecule has 0 amide bonds. The highest BCUT2D eigenvalue weighted by atomic mass is 32.2. The largest absolute Gasteiger partial charge is 0.387 e. The lowest BCUT2D eigenvalue weighted by molar-refractivity contribution is -0.162. The van der Waals surface area contributed by atoms with Gasteiger partial charge in [-0.2, -0.15) is 21.4 Å². The molecule has 0 aliphatic carbocycles. The van der Waals surface area contributed by atoms with E-state index in [2.05, 4.69) is 0 Å². The molecule has 0 unspecified atom stereocenters. The summed E-state index contributed by atoms with van der Waals surface area (Å²) in [6.45, 7) is -2.57. The predicted molar refractivity (Wildman–Crippen MR) is 24.6 cm³/mol. The molecule has 0 aliphatic heterocycles. The first-order valence-corrected chi connectivity index (χ1v) is 2.70. The normalized spacial score (nSPS) is 13.8. The van der Waals surface area contributed by atoms with Crippen LogP contribution in [0.25, 0.3) is 0 Å². The van der Waals surface area contributed by atoms with Crippen LogP contribution in [0, 0.1) is 0 Å². The summed E-state index contributed by atoms with van der Waals surface area (Å²) >= 11 is -1.86. The number of hydrogen-bond donors (Lipinski definition) is 0. The number of hydrogen-bond acceptors (Lipinski definition) is 1. The Morgan fingerprint density at radius 3 is 1.60 bits per heavy atom. The molecule has 0 N–H and O–H groups in total. The highest BCUT2D eigenvalue weighted by molar-refractivity contribution is 7.95. The van der Waals surface area contributed by atoms with Crippen LogP contribution in [0.1, 0.15) is 0 Å². The molecule has 0 aromatic heterocycles. The van der Waals surface area contributed by atoms with E-state index >= 15 is 0 Å². The molecular formula is C3H2F6S. The standard InChI is InChI=1S/C3H2F6S/c4-1-2(5,6)3(7,8)10-9/h1H2. The van der Waals surface area contributed by atoms with Crippen LogP contribution in [0.4, 0.5) is 25.8 Å². The van der Waals surface area contributed by atoms with Gasteiger partial charge in [0, 0.05) is 0 Å². The van der Waals surface area contributed by atoms with Crippen molar-refractivity contribution in [3.05, 3.63) is 0 Å². The van der Waals surface area contributed by atoms with E-state index in [-0.39, 0.29) is 0 Å². The van der Waals surface area contributed by atoms with Gasteiger partial charge < -0.3 is 0 Å². The minimum absolute atomic E-state index is 1.86. The van der Waals surface area contributed by atoms with Crippen molar-refractivity contribution in [2.75, 3.05) is 6.67 Å². The number of alkyl halides is 5. The molecule has 0 aromatic carbocycles. The van der Waals surface area contributed by atoms with Gasteiger partial charge in [-0.15, -0.1) is 0 Å². The van der Waals surface area contributed by atoms with Crippen LogP contribution >= 0.6 is 12.1 Å². The third-order valence-corrected chi connectivity index (χ3v) is 1.18. The van der Waals surface area contributed by atoms with Crippen molar-refractivity contribution >= 4 is 12.1 Å². The molecule has 7 heteroatoms. The Bertz CT molecular complexity index is 97.6. The van der Waals surface area contributed by atoms with Crippen molar-refractivity contribution in [3.63, 3.8) is 0 Å². The van der Waals surface area contributed by atoms with Crippen LogP contribution in [0.5, 0.6) is 0 Å². The lowest BCUT2D eigenvalue weighted by Crippen LogP contribution is -2.38. The summed E-state index contributed by atoms with van der Waals surface area (Å²) < 4.78 is 68.2. The van der Waals surface area contributed by atoms with Crippen molar-refractivity contribution in [1.29, 1.82) is 0 Å². The van der Waals surface area contributed by atoms with Crippen LogP contribution in [0.2, 0.25) is 0 Å². The van der Waals surface area contributed by atoms with Gasteiger partial charge in [0.15, 0.2) is 6.67 Å². The van der Waals surface area contributed by atoms with Gasteiger partial charge in [-0.1, -0.05) is 0 Å². The Kier molecular flexibility index (Phi) is 2.87. The van der Waals surface area contributed by atoms with Gasteiger partial charge in [0.1, 0.15) is 12.1 Å². The van der Waals surface area contributed by atoms with E-state index in [4.69, 9.17) is 0 Å². The van der Waals surface area contributed by atoms with Gasteiger partial charge in [-0.3, -0.25) is 0 Å². The van der Waals surface area contributed by atoms with E-state index in [0.29, 0.717) is 0 Å². The summed E-state index contributed by atoms with van der Waals surface area (Å²) in [5, 5.41) is -4.97. The van der Waals surface area contributed by atoms with Gasteiger partial charge in [0.2, 0.25) is 0 Å². The summed E-state index contributed by atoms with van der Waals surface area (Å²) in [4.78, 5) is 0. The molecule has 0 saturated heterocycles. The molecule has 0 radical (unpaired) electrons. The van der Waals surface area contributed by atoms with E-state index in [1.54, 1.807) is 0 Å². The fourth-order valence-electron chi connectivity index (χ4n) is 0.134. The topological polar surface area (TPSA) is 0 Å². The van der Waals surface area contributed by atoms with Gasteiger partial charge in [-0.25, -0.2) is 4.39 Å². The zero-order valence-corrected chi connectivity index (χ0v) is 5.20. The van der Waals surface area contributed by atoms with Crippen LogP contribution in [-0.2, 0) is 0 Å². The number of rotatable bonds is 3. The van der Waals surface area contributed by atoms with E-state index < -0.39 is 30.0 Å². The third-order valence-electron chi connectivity index (χ3n) is 0.691. The molecule has 0 nitrogen and oxygen atoms in total. The summed E-state index contributed by atoms with van der Waals surface area (Å²) in [5.41, 5.74) is 0. The van der Waals surface area contributed by atoms with Crippen LogP contribution < -0.4 is 0 Å².